The molecule has 0 saturated heterocycles. The van der Waals surface area contributed by atoms with Crippen molar-refractivity contribution in [3.8, 4) is 0 Å². The number of rotatable bonds is 4. The van der Waals surface area contributed by atoms with E-state index in [-0.39, 0.29) is 11.9 Å². The Kier molecular flexibility index (Phi) is 4.95. The van der Waals surface area contributed by atoms with E-state index in [1.54, 1.807) is 6.07 Å². The fraction of sp³-hybridized carbons (Fsp3) is 0.294. The molecular formula is C17H19BrFN. The number of benzene rings is 2. The van der Waals surface area contributed by atoms with Gasteiger partial charge in [-0.25, -0.2) is 4.39 Å². The van der Waals surface area contributed by atoms with Crippen molar-refractivity contribution in [1.82, 2.24) is 5.32 Å². The Morgan fingerprint density at radius 2 is 1.80 bits per heavy atom. The maximum Gasteiger partial charge on any atom is 0.142 e. The lowest BCUT2D eigenvalue weighted by molar-refractivity contribution is 0.554. The molecule has 0 bridgehead atoms. The van der Waals surface area contributed by atoms with Crippen LogP contribution in [0.4, 0.5) is 4.39 Å². The summed E-state index contributed by atoms with van der Waals surface area (Å²) in [6.07, 6.45) is 0. The summed E-state index contributed by atoms with van der Waals surface area (Å²) in [6, 6.07) is 11.7. The molecule has 0 heterocycles. The molecule has 2 aromatic rings. The third-order valence-electron chi connectivity index (χ3n) is 3.28. The van der Waals surface area contributed by atoms with Crippen molar-refractivity contribution < 1.29 is 4.39 Å². The fourth-order valence-electron chi connectivity index (χ4n) is 2.53. The van der Waals surface area contributed by atoms with E-state index in [2.05, 4.69) is 53.3 Å². The van der Waals surface area contributed by atoms with E-state index in [9.17, 15) is 4.39 Å². The van der Waals surface area contributed by atoms with E-state index in [0.717, 1.165) is 12.1 Å². The van der Waals surface area contributed by atoms with Crippen LogP contribution in [0.1, 0.15) is 35.2 Å². The van der Waals surface area contributed by atoms with Gasteiger partial charge in [0.25, 0.3) is 0 Å². The summed E-state index contributed by atoms with van der Waals surface area (Å²) in [6.45, 7) is 6.95. The molecule has 1 nitrogen and oxygen atoms in total. The largest absolute Gasteiger partial charge is 0.306 e. The number of aryl methyl sites for hydroxylation is 2. The summed E-state index contributed by atoms with van der Waals surface area (Å²) in [5, 5.41) is 3.38. The van der Waals surface area contributed by atoms with Crippen molar-refractivity contribution in [3.63, 3.8) is 0 Å². The van der Waals surface area contributed by atoms with Crippen molar-refractivity contribution in [3.05, 3.63) is 68.9 Å². The predicted octanol–water partition coefficient (Wildman–Crippen LogP) is 4.90. The van der Waals surface area contributed by atoms with Crippen LogP contribution in [0.5, 0.6) is 0 Å². The Labute approximate surface area is 128 Å². The number of nitrogens with one attached hydrogen (secondary N) is 1. The van der Waals surface area contributed by atoms with Crippen LogP contribution in [0.3, 0.4) is 0 Å². The quantitative estimate of drug-likeness (QED) is 0.837. The van der Waals surface area contributed by atoms with Crippen molar-refractivity contribution >= 4 is 15.9 Å². The van der Waals surface area contributed by atoms with Crippen molar-refractivity contribution in [1.29, 1.82) is 0 Å². The first-order valence-electron chi connectivity index (χ1n) is 6.78. The second-order valence-corrected chi connectivity index (χ2v) is 5.91. The van der Waals surface area contributed by atoms with Gasteiger partial charge < -0.3 is 5.32 Å². The third-order valence-corrected chi connectivity index (χ3v) is 3.89. The average molecular weight is 336 g/mol. The van der Waals surface area contributed by atoms with Crippen LogP contribution in [0, 0.1) is 19.7 Å². The Morgan fingerprint density at radius 3 is 2.40 bits per heavy atom. The highest BCUT2D eigenvalue weighted by Gasteiger charge is 2.18. The van der Waals surface area contributed by atoms with Crippen LogP contribution >= 0.6 is 15.9 Å². The zero-order chi connectivity index (χ0) is 14.7. The summed E-state index contributed by atoms with van der Waals surface area (Å²) in [5.41, 5.74) is 4.16. The van der Waals surface area contributed by atoms with Crippen LogP contribution in [0.15, 0.2) is 40.9 Å². The molecule has 1 N–H and O–H groups in total. The molecule has 0 aliphatic carbocycles. The zero-order valence-corrected chi connectivity index (χ0v) is 13.6. The molecule has 0 aromatic heterocycles. The van der Waals surface area contributed by atoms with E-state index < -0.39 is 0 Å². The van der Waals surface area contributed by atoms with Crippen molar-refractivity contribution in [2.75, 3.05) is 6.54 Å². The molecule has 0 radical (unpaired) electrons. The minimum atomic E-state index is -0.197. The molecule has 0 aliphatic rings. The normalized spacial score (nSPS) is 12.4. The van der Waals surface area contributed by atoms with Gasteiger partial charge in [-0.05, 0) is 48.0 Å². The highest BCUT2D eigenvalue weighted by atomic mass is 79.9. The summed E-state index contributed by atoms with van der Waals surface area (Å²) in [5.74, 6) is -0.197. The monoisotopic (exact) mass is 335 g/mol. The van der Waals surface area contributed by atoms with Crippen LogP contribution in [0.2, 0.25) is 0 Å². The number of hydrogen-bond acceptors (Lipinski definition) is 1. The smallest absolute Gasteiger partial charge is 0.142 e. The predicted molar refractivity (Wildman–Crippen MR) is 85.5 cm³/mol. The molecule has 20 heavy (non-hydrogen) atoms. The molecule has 3 heteroatoms. The first-order valence-corrected chi connectivity index (χ1v) is 7.57. The Bertz CT molecular complexity index is 590. The Morgan fingerprint density at radius 1 is 1.15 bits per heavy atom. The highest BCUT2D eigenvalue weighted by Crippen LogP contribution is 2.29. The van der Waals surface area contributed by atoms with Crippen LogP contribution < -0.4 is 5.32 Å². The maximum absolute atomic E-state index is 14.4. The summed E-state index contributed by atoms with van der Waals surface area (Å²) in [7, 11) is 0. The number of hydrogen-bond donors (Lipinski definition) is 1. The van der Waals surface area contributed by atoms with Gasteiger partial charge in [-0.3, -0.25) is 0 Å². The second-order valence-electron chi connectivity index (χ2n) is 5.05. The summed E-state index contributed by atoms with van der Waals surface area (Å²) < 4.78 is 14.9. The molecule has 0 amide bonds. The van der Waals surface area contributed by atoms with Crippen molar-refractivity contribution in [2.24, 2.45) is 0 Å². The maximum atomic E-state index is 14.4. The van der Waals surface area contributed by atoms with Crippen LogP contribution in [-0.2, 0) is 0 Å². The lowest BCUT2D eigenvalue weighted by Crippen LogP contribution is -2.23. The molecular weight excluding hydrogens is 317 g/mol. The molecule has 0 spiro atoms. The molecule has 2 aromatic carbocycles. The topological polar surface area (TPSA) is 12.0 Å². The van der Waals surface area contributed by atoms with E-state index in [4.69, 9.17) is 0 Å². The zero-order valence-electron chi connectivity index (χ0n) is 12.0. The van der Waals surface area contributed by atoms with Crippen molar-refractivity contribution in [2.45, 2.75) is 26.8 Å². The minimum Gasteiger partial charge on any atom is -0.306 e. The average Bonchev–Trinajstić information content (AvgIpc) is 2.38. The van der Waals surface area contributed by atoms with Crippen LogP contribution in [-0.4, -0.2) is 6.54 Å². The summed E-state index contributed by atoms with van der Waals surface area (Å²) in [4.78, 5) is 0. The van der Waals surface area contributed by atoms with E-state index in [1.807, 2.05) is 19.1 Å². The Hall–Kier alpha value is -1.19. The first-order chi connectivity index (χ1) is 9.52. The molecule has 106 valence electrons. The molecule has 0 aliphatic heterocycles. The van der Waals surface area contributed by atoms with E-state index >= 15 is 0 Å². The van der Waals surface area contributed by atoms with Gasteiger partial charge in [0, 0.05) is 5.56 Å². The van der Waals surface area contributed by atoms with E-state index in [1.165, 1.54) is 11.1 Å². The van der Waals surface area contributed by atoms with Gasteiger partial charge >= 0.3 is 0 Å². The van der Waals surface area contributed by atoms with Gasteiger partial charge in [0.05, 0.1) is 10.5 Å². The molecule has 0 fully saturated rings. The molecule has 2 rings (SSSR count). The van der Waals surface area contributed by atoms with Gasteiger partial charge in [0.2, 0.25) is 0 Å². The lowest BCUT2D eigenvalue weighted by atomic mass is 9.95. The SMILES string of the molecule is CCNC(c1cc(C)cc(C)c1)c1cccc(Br)c1F. The van der Waals surface area contributed by atoms with E-state index in [0.29, 0.717) is 10.0 Å². The lowest BCUT2D eigenvalue weighted by Gasteiger charge is -2.21. The van der Waals surface area contributed by atoms with Gasteiger partial charge in [-0.2, -0.15) is 0 Å². The fourth-order valence-corrected chi connectivity index (χ4v) is 2.91. The summed E-state index contributed by atoms with van der Waals surface area (Å²) >= 11 is 3.26. The minimum absolute atomic E-state index is 0.129. The van der Waals surface area contributed by atoms with Gasteiger partial charge in [-0.15, -0.1) is 0 Å². The molecule has 1 unspecified atom stereocenters. The molecule has 1 atom stereocenters. The molecule has 0 saturated carbocycles. The Balaban J connectivity index is 2.53. The van der Waals surface area contributed by atoms with Gasteiger partial charge in [-0.1, -0.05) is 48.4 Å². The van der Waals surface area contributed by atoms with Gasteiger partial charge in [0.1, 0.15) is 5.82 Å². The van der Waals surface area contributed by atoms with Gasteiger partial charge in [0.15, 0.2) is 0 Å². The second kappa shape index (κ2) is 6.51. The highest BCUT2D eigenvalue weighted by molar-refractivity contribution is 9.10. The first kappa shape index (κ1) is 15.2. The van der Waals surface area contributed by atoms with Crippen LogP contribution in [0.25, 0.3) is 0 Å². The third kappa shape index (κ3) is 3.28. The number of halogens is 2. The standard InChI is InChI=1S/C17H19BrFN/c1-4-20-17(13-9-11(2)8-12(3)10-13)14-6-5-7-15(18)16(14)19/h5-10,17,20H,4H2,1-3H3.